The monoisotopic (exact) mass is 344 g/mol. The molecule has 136 valence electrons. The van der Waals surface area contributed by atoms with Crippen molar-refractivity contribution < 1.29 is 14.7 Å². The number of nitrogens with zero attached hydrogens (tertiary/aromatic N) is 2. The smallest absolute Gasteiger partial charge is 0.307 e. The van der Waals surface area contributed by atoms with Crippen molar-refractivity contribution in [2.45, 2.75) is 32.1 Å². The van der Waals surface area contributed by atoms with Crippen LogP contribution in [0.15, 0.2) is 30.3 Å². The van der Waals surface area contributed by atoms with Gasteiger partial charge in [-0.15, -0.1) is 0 Å². The zero-order chi connectivity index (χ0) is 17.6. The summed E-state index contributed by atoms with van der Waals surface area (Å²) in [4.78, 5) is 28.5. The van der Waals surface area contributed by atoms with E-state index in [0.717, 1.165) is 58.4 Å². The molecule has 25 heavy (non-hydrogen) atoms. The first-order valence-corrected chi connectivity index (χ1v) is 9.43. The lowest BCUT2D eigenvalue weighted by Gasteiger charge is -2.38. The van der Waals surface area contributed by atoms with E-state index in [-0.39, 0.29) is 11.8 Å². The largest absolute Gasteiger partial charge is 0.481 e. The molecule has 5 nitrogen and oxygen atoms in total. The average molecular weight is 344 g/mol. The molecule has 1 saturated heterocycles. The number of hydrogen-bond acceptors (Lipinski definition) is 3. The molecule has 1 heterocycles. The van der Waals surface area contributed by atoms with Crippen LogP contribution < -0.4 is 0 Å². The molecule has 2 fully saturated rings. The molecular formula is C20H28N2O3. The third kappa shape index (κ3) is 4.60. The van der Waals surface area contributed by atoms with Gasteiger partial charge in [-0.25, -0.2) is 0 Å². The lowest BCUT2D eigenvalue weighted by molar-refractivity contribution is -0.153. The van der Waals surface area contributed by atoms with Gasteiger partial charge in [0, 0.05) is 32.7 Å². The normalized spacial score (nSPS) is 24.9. The van der Waals surface area contributed by atoms with E-state index in [2.05, 4.69) is 29.2 Å². The van der Waals surface area contributed by atoms with Gasteiger partial charge in [0.2, 0.25) is 5.91 Å². The van der Waals surface area contributed by atoms with Gasteiger partial charge in [-0.2, -0.15) is 0 Å². The minimum atomic E-state index is -0.806. The lowest BCUT2D eigenvalue weighted by Crippen LogP contribution is -2.52. The molecule has 0 unspecified atom stereocenters. The summed E-state index contributed by atoms with van der Waals surface area (Å²) in [5, 5.41) is 9.40. The van der Waals surface area contributed by atoms with Crippen LogP contribution in [0.4, 0.5) is 0 Å². The van der Waals surface area contributed by atoms with Gasteiger partial charge < -0.3 is 10.0 Å². The van der Waals surface area contributed by atoms with Crippen LogP contribution in [0.1, 0.15) is 31.2 Å². The molecule has 3 rings (SSSR count). The summed E-state index contributed by atoms with van der Waals surface area (Å²) in [5.41, 5.74) is 1.34. The second kappa shape index (κ2) is 8.48. The van der Waals surface area contributed by atoms with Crippen LogP contribution in [0.2, 0.25) is 0 Å². The zero-order valence-corrected chi connectivity index (χ0v) is 14.8. The first kappa shape index (κ1) is 17.9. The van der Waals surface area contributed by atoms with Crippen molar-refractivity contribution >= 4 is 11.9 Å². The number of carbonyl (C=O) groups excluding carboxylic acids is 1. The van der Waals surface area contributed by atoms with Crippen LogP contribution in [0, 0.1) is 11.8 Å². The fourth-order valence-electron chi connectivity index (χ4n) is 4.08. The number of benzene rings is 1. The number of hydrogen-bond donors (Lipinski definition) is 1. The molecule has 0 spiro atoms. The first-order chi connectivity index (χ1) is 12.1. The summed E-state index contributed by atoms with van der Waals surface area (Å²) in [6.07, 6.45) is 4.29. The number of carboxylic acids is 1. The SMILES string of the molecule is O=C(O)[C@@H]1CCCC[C@H]1C(=O)N1CCN(CCc2ccccc2)CC1. The molecule has 1 aliphatic heterocycles. The maximum absolute atomic E-state index is 12.8. The highest BCUT2D eigenvalue weighted by atomic mass is 16.4. The molecular weight excluding hydrogens is 316 g/mol. The van der Waals surface area contributed by atoms with Gasteiger partial charge in [-0.1, -0.05) is 43.2 Å². The van der Waals surface area contributed by atoms with Crippen molar-refractivity contribution in [3.8, 4) is 0 Å². The number of amides is 1. The van der Waals surface area contributed by atoms with Gasteiger partial charge in [0.15, 0.2) is 0 Å². The molecule has 0 bridgehead atoms. The Labute approximate surface area is 149 Å². The van der Waals surface area contributed by atoms with Crippen molar-refractivity contribution in [2.75, 3.05) is 32.7 Å². The van der Waals surface area contributed by atoms with Gasteiger partial charge in [0.25, 0.3) is 0 Å². The number of piperazine rings is 1. The second-order valence-corrected chi connectivity index (χ2v) is 7.24. The van der Waals surface area contributed by atoms with Crippen LogP contribution in [0.5, 0.6) is 0 Å². The van der Waals surface area contributed by atoms with Crippen molar-refractivity contribution in [3.63, 3.8) is 0 Å². The highest BCUT2D eigenvalue weighted by Gasteiger charge is 2.38. The quantitative estimate of drug-likeness (QED) is 0.890. The molecule has 0 radical (unpaired) electrons. The summed E-state index contributed by atoms with van der Waals surface area (Å²) in [7, 11) is 0. The van der Waals surface area contributed by atoms with Gasteiger partial charge in [-0.05, 0) is 24.8 Å². The van der Waals surface area contributed by atoms with E-state index in [0.29, 0.717) is 6.42 Å². The Kier molecular flexibility index (Phi) is 6.08. The molecule has 5 heteroatoms. The number of carbonyl (C=O) groups is 2. The summed E-state index contributed by atoms with van der Waals surface area (Å²) in [6.45, 7) is 4.20. The molecule has 1 N–H and O–H groups in total. The fourth-order valence-corrected chi connectivity index (χ4v) is 4.08. The molecule has 1 aromatic rings. The Bertz CT molecular complexity index is 582. The Morgan fingerprint density at radius 3 is 2.24 bits per heavy atom. The van der Waals surface area contributed by atoms with Gasteiger partial charge in [-0.3, -0.25) is 14.5 Å². The minimum Gasteiger partial charge on any atom is -0.481 e. The molecule has 1 aromatic carbocycles. The highest BCUT2D eigenvalue weighted by molar-refractivity contribution is 5.85. The number of carboxylic acid groups (broad SMARTS) is 1. The van der Waals surface area contributed by atoms with Crippen molar-refractivity contribution in [2.24, 2.45) is 11.8 Å². The third-order valence-electron chi connectivity index (χ3n) is 5.64. The van der Waals surface area contributed by atoms with E-state index < -0.39 is 11.9 Å². The summed E-state index contributed by atoms with van der Waals surface area (Å²) in [5.74, 6) is -1.55. The fraction of sp³-hybridized carbons (Fsp3) is 0.600. The molecule has 1 aliphatic carbocycles. The highest BCUT2D eigenvalue weighted by Crippen LogP contribution is 2.32. The van der Waals surface area contributed by atoms with Crippen LogP contribution >= 0.6 is 0 Å². The van der Waals surface area contributed by atoms with E-state index in [9.17, 15) is 14.7 Å². The second-order valence-electron chi connectivity index (χ2n) is 7.24. The minimum absolute atomic E-state index is 0.0646. The predicted molar refractivity (Wildman–Crippen MR) is 96.2 cm³/mol. The van der Waals surface area contributed by atoms with E-state index >= 15 is 0 Å². The Morgan fingerprint density at radius 2 is 1.60 bits per heavy atom. The standard InChI is InChI=1S/C20H28N2O3/c23-19(17-8-4-5-9-18(17)20(24)25)22-14-12-21(13-15-22)11-10-16-6-2-1-3-7-16/h1-3,6-7,17-18H,4-5,8-15H2,(H,24,25)/t17-,18-/m1/s1. The van der Waals surface area contributed by atoms with Crippen molar-refractivity contribution in [1.29, 1.82) is 0 Å². The maximum Gasteiger partial charge on any atom is 0.307 e. The van der Waals surface area contributed by atoms with E-state index in [1.54, 1.807) is 0 Å². The Morgan fingerprint density at radius 1 is 0.960 bits per heavy atom. The average Bonchev–Trinajstić information content (AvgIpc) is 2.67. The van der Waals surface area contributed by atoms with Crippen molar-refractivity contribution in [1.82, 2.24) is 9.80 Å². The predicted octanol–water partition coefficient (Wildman–Crippen LogP) is 2.26. The molecule has 2 aliphatic rings. The van der Waals surface area contributed by atoms with E-state index in [1.807, 2.05) is 11.0 Å². The summed E-state index contributed by atoms with van der Waals surface area (Å²) < 4.78 is 0. The zero-order valence-electron chi connectivity index (χ0n) is 14.8. The Balaban J connectivity index is 1.48. The molecule has 0 aromatic heterocycles. The van der Waals surface area contributed by atoms with Gasteiger partial charge >= 0.3 is 5.97 Å². The molecule has 1 amide bonds. The summed E-state index contributed by atoms with van der Waals surface area (Å²) >= 11 is 0. The van der Waals surface area contributed by atoms with E-state index in [4.69, 9.17) is 0 Å². The number of rotatable bonds is 5. The van der Waals surface area contributed by atoms with Gasteiger partial charge in [0.05, 0.1) is 11.8 Å². The van der Waals surface area contributed by atoms with Gasteiger partial charge in [0.1, 0.15) is 0 Å². The lowest BCUT2D eigenvalue weighted by atomic mass is 9.78. The molecule has 1 saturated carbocycles. The van der Waals surface area contributed by atoms with Crippen LogP contribution in [-0.4, -0.2) is 59.5 Å². The van der Waals surface area contributed by atoms with E-state index in [1.165, 1.54) is 5.56 Å². The van der Waals surface area contributed by atoms with Crippen LogP contribution in [0.3, 0.4) is 0 Å². The summed E-state index contributed by atoms with van der Waals surface area (Å²) in [6, 6.07) is 10.5. The maximum atomic E-state index is 12.8. The molecule has 2 atom stereocenters. The van der Waals surface area contributed by atoms with Crippen LogP contribution in [-0.2, 0) is 16.0 Å². The Hall–Kier alpha value is -1.88. The number of aliphatic carboxylic acids is 1. The third-order valence-corrected chi connectivity index (χ3v) is 5.64. The first-order valence-electron chi connectivity index (χ1n) is 9.43. The topological polar surface area (TPSA) is 60.9 Å². The van der Waals surface area contributed by atoms with Crippen molar-refractivity contribution in [3.05, 3.63) is 35.9 Å². The van der Waals surface area contributed by atoms with Crippen LogP contribution in [0.25, 0.3) is 0 Å².